The monoisotopic (exact) mass is 405 g/mol. The van der Waals surface area contributed by atoms with Gasteiger partial charge in [-0.05, 0) is 59.5 Å². The van der Waals surface area contributed by atoms with Crippen LogP contribution in [0.2, 0.25) is 0 Å². The van der Waals surface area contributed by atoms with Gasteiger partial charge in [-0.1, -0.05) is 24.3 Å². The summed E-state index contributed by atoms with van der Waals surface area (Å²) in [5.41, 5.74) is -0.443. The molecule has 1 aromatic carbocycles. The van der Waals surface area contributed by atoms with Crippen molar-refractivity contribution < 1.29 is 27.0 Å². The van der Waals surface area contributed by atoms with Crippen LogP contribution in [0, 0.1) is 0 Å². The molecule has 1 fully saturated rings. The zero-order valence-electron chi connectivity index (χ0n) is 16.7. The lowest BCUT2D eigenvalue weighted by Gasteiger charge is -2.32. The average molecular weight is 405 g/mol. The molecule has 1 aromatic rings. The molecule has 1 aliphatic rings. The second kappa shape index (κ2) is 7.26. The first-order chi connectivity index (χ1) is 12.0. The first-order valence-corrected chi connectivity index (χ1v) is 9.90. The predicted molar refractivity (Wildman–Crippen MR) is 102 cm³/mol. The molecule has 4 nitrogen and oxygen atoms in total. The number of benzene rings is 1. The van der Waals surface area contributed by atoms with E-state index in [1.54, 1.807) is 32.9 Å². The molecule has 2 atom stereocenters. The lowest BCUT2D eigenvalue weighted by molar-refractivity contribution is -0.153. The lowest BCUT2D eigenvalue weighted by atomic mass is 9.78. The molecule has 1 heterocycles. The van der Waals surface area contributed by atoms with Crippen LogP contribution in [0.15, 0.2) is 24.3 Å². The molecule has 0 radical (unpaired) electrons. The Hall–Kier alpha value is -0.735. The summed E-state index contributed by atoms with van der Waals surface area (Å²) in [6, 6.07) is 3.82. The minimum absolute atomic E-state index is 0.0135. The van der Waals surface area contributed by atoms with Crippen LogP contribution in [0.5, 0.6) is 0 Å². The van der Waals surface area contributed by atoms with Crippen molar-refractivity contribution in [1.82, 2.24) is 4.72 Å². The van der Waals surface area contributed by atoms with Gasteiger partial charge in [0.2, 0.25) is 0 Å². The maximum absolute atomic E-state index is 13.5. The van der Waals surface area contributed by atoms with Gasteiger partial charge in [0.05, 0.1) is 11.2 Å². The van der Waals surface area contributed by atoms with Gasteiger partial charge in [-0.15, -0.1) is 4.72 Å². The van der Waals surface area contributed by atoms with E-state index in [1.165, 1.54) is 12.1 Å². The molecule has 2 rings (SSSR count). The van der Waals surface area contributed by atoms with Crippen LogP contribution < -0.4 is 10.2 Å². The van der Waals surface area contributed by atoms with Crippen molar-refractivity contribution in [3.8, 4) is 0 Å². The summed E-state index contributed by atoms with van der Waals surface area (Å²) in [4.78, 5) is 0. The van der Waals surface area contributed by atoms with E-state index in [4.69, 9.17) is 9.31 Å². The van der Waals surface area contributed by atoms with E-state index in [-0.39, 0.29) is 5.56 Å². The third-order valence-electron chi connectivity index (χ3n) is 4.90. The zero-order chi connectivity index (χ0) is 20.8. The molecule has 0 aromatic heterocycles. The fourth-order valence-electron chi connectivity index (χ4n) is 2.43. The second-order valence-corrected chi connectivity index (χ2v) is 10.7. The predicted octanol–water partition coefficient (Wildman–Crippen LogP) is 3.64. The van der Waals surface area contributed by atoms with Crippen LogP contribution in [-0.2, 0) is 20.7 Å². The van der Waals surface area contributed by atoms with Crippen molar-refractivity contribution >= 4 is 23.9 Å². The standard InChI is InChI=1S/C18H27BF3NO3S/c1-15(2,3)27(24)23-14(18(20,21)22)12-8-10-13(11-9-12)19-25-16(4,5)17(6,7)26-19/h8-11,14,23H,1-7H3/t14-,27+/m0/s1. The summed E-state index contributed by atoms with van der Waals surface area (Å²) >= 11 is -1.86. The summed E-state index contributed by atoms with van der Waals surface area (Å²) < 4.78 is 65.9. The first-order valence-electron chi connectivity index (χ1n) is 8.75. The highest BCUT2D eigenvalue weighted by molar-refractivity contribution is 7.90. The molecule has 27 heavy (non-hydrogen) atoms. The molecule has 1 saturated heterocycles. The molecule has 0 spiro atoms. The van der Waals surface area contributed by atoms with Gasteiger partial charge in [-0.25, -0.2) is 0 Å². The summed E-state index contributed by atoms with van der Waals surface area (Å²) in [6.45, 7) is 12.5. The average Bonchev–Trinajstić information content (AvgIpc) is 2.71. The number of hydrogen-bond donors (Lipinski definition) is 1. The van der Waals surface area contributed by atoms with Gasteiger partial charge < -0.3 is 13.9 Å². The molecular formula is C18H27BF3NO3S. The Labute approximate surface area is 162 Å². The molecule has 152 valence electrons. The van der Waals surface area contributed by atoms with Crippen molar-refractivity contribution in [3.63, 3.8) is 0 Å². The number of halogens is 3. The first kappa shape index (κ1) is 22.6. The molecule has 1 N–H and O–H groups in total. The molecule has 0 bridgehead atoms. The molecule has 0 unspecified atom stereocenters. The van der Waals surface area contributed by atoms with Crippen molar-refractivity contribution in [1.29, 1.82) is 0 Å². The number of rotatable bonds is 4. The largest absolute Gasteiger partial charge is 0.598 e. The van der Waals surface area contributed by atoms with Crippen LogP contribution in [-0.4, -0.2) is 33.8 Å². The maximum atomic E-state index is 13.5. The van der Waals surface area contributed by atoms with Gasteiger partial charge >= 0.3 is 13.3 Å². The Kier molecular flexibility index (Phi) is 6.06. The van der Waals surface area contributed by atoms with Crippen molar-refractivity contribution in [3.05, 3.63) is 29.8 Å². The van der Waals surface area contributed by atoms with E-state index in [2.05, 4.69) is 4.72 Å². The Bertz CT molecular complexity index is 643. The van der Waals surface area contributed by atoms with E-state index in [1.807, 2.05) is 27.7 Å². The Morgan fingerprint density at radius 1 is 1.00 bits per heavy atom. The van der Waals surface area contributed by atoms with E-state index in [0.29, 0.717) is 5.46 Å². The highest BCUT2D eigenvalue weighted by atomic mass is 32.2. The zero-order valence-corrected chi connectivity index (χ0v) is 17.5. The smallest absolute Gasteiger partial charge is 0.494 e. The van der Waals surface area contributed by atoms with E-state index in [9.17, 15) is 17.7 Å². The van der Waals surface area contributed by atoms with E-state index >= 15 is 0 Å². The van der Waals surface area contributed by atoms with Crippen molar-refractivity contribution in [2.75, 3.05) is 0 Å². The lowest BCUT2D eigenvalue weighted by Crippen LogP contribution is -2.45. The number of hydrogen-bond acceptors (Lipinski definition) is 4. The number of alkyl halides is 3. The molecule has 1 aliphatic heterocycles. The van der Waals surface area contributed by atoms with Crippen LogP contribution in [0.1, 0.15) is 60.1 Å². The van der Waals surface area contributed by atoms with Gasteiger partial charge in [-0.2, -0.15) is 13.2 Å². The normalized spacial score (nSPS) is 22.0. The highest BCUT2D eigenvalue weighted by Crippen LogP contribution is 2.37. The van der Waals surface area contributed by atoms with Crippen LogP contribution in [0.3, 0.4) is 0 Å². The fourth-order valence-corrected chi connectivity index (χ4v) is 3.27. The van der Waals surface area contributed by atoms with Gasteiger partial charge in [0, 0.05) is 11.4 Å². The van der Waals surface area contributed by atoms with Gasteiger partial charge in [-0.3, -0.25) is 0 Å². The minimum atomic E-state index is -4.58. The van der Waals surface area contributed by atoms with Crippen molar-refractivity contribution in [2.24, 2.45) is 0 Å². The van der Waals surface area contributed by atoms with Crippen LogP contribution in [0.4, 0.5) is 13.2 Å². The SMILES string of the molecule is CC(C)(C)[S@@+]([O-])N[C@@H](c1ccc(B2OC(C)(C)C(C)(C)O2)cc1)C(F)(F)F. The molecular weight excluding hydrogens is 378 g/mol. The highest BCUT2D eigenvalue weighted by Gasteiger charge is 2.52. The summed E-state index contributed by atoms with van der Waals surface area (Å²) in [7, 11) is -0.648. The Morgan fingerprint density at radius 3 is 1.81 bits per heavy atom. The topological polar surface area (TPSA) is 53.5 Å². The quantitative estimate of drug-likeness (QED) is 0.614. The fraction of sp³-hybridized carbons (Fsp3) is 0.667. The second-order valence-electron chi connectivity index (χ2n) is 8.73. The van der Waals surface area contributed by atoms with Crippen LogP contribution >= 0.6 is 0 Å². The summed E-state index contributed by atoms with van der Waals surface area (Å²) in [5, 5.41) is 0. The van der Waals surface area contributed by atoms with E-state index < -0.39 is 46.6 Å². The van der Waals surface area contributed by atoms with E-state index in [0.717, 1.165) is 0 Å². The van der Waals surface area contributed by atoms with Crippen molar-refractivity contribution in [2.45, 2.75) is 76.6 Å². The molecule has 0 saturated carbocycles. The Morgan fingerprint density at radius 2 is 1.44 bits per heavy atom. The molecule has 0 aliphatic carbocycles. The summed E-state index contributed by atoms with van der Waals surface area (Å²) in [5.74, 6) is 0. The molecule has 9 heteroatoms. The molecule has 0 amide bonds. The minimum Gasteiger partial charge on any atom is -0.598 e. The third kappa shape index (κ3) is 5.01. The third-order valence-corrected chi connectivity index (χ3v) is 6.47. The van der Waals surface area contributed by atoms with Gasteiger partial charge in [0.1, 0.15) is 4.75 Å². The van der Waals surface area contributed by atoms with Gasteiger partial charge in [0.15, 0.2) is 6.04 Å². The van der Waals surface area contributed by atoms with Gasteiger partial charge in [0.25, 0.3) is 0 Å². The van der Waals surface area contributed by atoms with Crippen LogP contribution in [0.25, 0.3) is 0 Å². The number of nitrogens with one attached hydrogen (secondary N) is 1. The maximum Gasteiger partial charge on any atom is 0.494 e. The summed E-state index contributed by atoms with van der Waals surface area (Å²) in [6.07, 6.45) is -4.58. The Balaban J connectivity index is 2.23.